The zero-order chi connectivity index (χ0) is 22.3. The summed E-state index contributed by atoms with van der Waals surface area (Å²) in [4.78, 5) is 4.90. The Morgan fingerprint density at radius 1 is 0.781 bits per heavy atom. The fraction of sp³-hybridized carbons (Fsp3) is 0.357. The summed E-state index contributed by atoms with van der Waals surface area (Å²) in [6.07, 6.45) is -0.500. The number of aliphatic hydroxyl groups is 1. The lowest BCUT2D eigenvalue weighted by Gasteiger charge is -2.40. The van der Waals surface area contributed by atoms with Gasteiger partial charge in [-0.05, 0) is 42.2 Å². The van der Waals surface area contributed by atoms with Crippen molar-refractivity contribution in [1.82, 2.24) is 9.80 Å². The quantitative estimate of drug-likeness (QED) is 0.573. The highest BCUT2D eigenvalue weighted by molar-refractivity contribution is 5.38. The van der Waals surface area contributed by atoms with Gasteiger partial charge in [0.15, 0.2) is 0 Å². The van der Waals surface area contributed by atoms with Gasteiger partial charge in [-0.3, -0.25) is 9.80 Å². The normalized spacial score (nSPS) is 16.2. The number of aryl methyl sites for hydroxylation is 1. The zero-order valence-corrected chi connectivity index (χ0v) is 19.2. The maximum Gasteiger partial charge on any atom is 0.122 e. The number of hydrogen-bond donors (Lipinski definition) is 1. The maximum atomic E-state index is 10.6. The third-order valence-corrected chi connectivity index (χ3v) is 6.46. The molecule has 0 bridgehead atoms. The lowest BCUT2D eigenvalue weighted by atomic mass is 9.96. The van der Waals surface area contributed by atoms with E-state index in [9.17, 15) is 5.11 Å². The van der Waals surface area contributed by atoms with Crippen LogP contribution >= 0.6 is 0 Å². The molecule has 1 aliphatic rings. The number of hydrogen-bond acceptors (Lipinski definition) is 4. The highest BCUT2D eigenvalue weighted by atomic mass is 16.5. The molecule has 1 saturated heterocycles. The summed E-state index contributed by atoms with van der Waals surface area (Å²) in [5.74, 6) is 0.863. The first-order valence-electron chi connectivity index (χ1n) is 11.5. The summed E-state index contributed by atoms with van der Waals surface area (Å²) >= 11 is 0. The van der Waals surface area contributed by atoms with Crippen LogP contribution in [0.4, 0.5) is 0 Å². The van der Waals surface area contributed by atoms with Crippen molar-refractivity contribution in [2.75, 3.05) is 39.3 Å². The minimum absolute atomic E-state index is 0.261. The molecule has 1 unspecified atom stereocenters. The summed E-state index contributed by atoms with van der Waals surface area (Å²) in [5, 5.41) is 10.6. The van der Waals surface area contributed by atoms with E-state index in [1.165, 1.54) is 16.7 Å². The molecule has 1 fully saturated rings. The first kappa shape index (κ1) is 22.5. The van der Waals surface area contributed by atoms with Gasteiger partial charge >= 0.3 is 0 Å². The Balaban J connectivity index is 1.33. The van der Waals surface area contributed by atoms with E-state index in [0.717, 1.165) is 37.5 Å². The van der Waals surface area contributed by atoms with E-state index in [4.69, 9.17) is 4.74 Å². The first-order chi connectivity index (χ1) is 15.6. The summed E-state index contributed by atoms with van der Waals surface area (Å²) < 4.78 is 5.91. The lowest BCUT2D eigenvalue weighted by molar-refractivity contribution is 0.0399. The molecule has 0 radical (unpaired) electrons. The van der Waals surface area contributed by atoms with Crippen LogP contribution in [0.1, 0.15) is 28.3 Å². The molecule has 0 aliphatic carbocycles. The molecule has 0 spiro atoms. The average molecular weight is 431 g/mol. The van der Waals surface area contributed by atoms with E-state index in [1.807, 2.05) is 12.1 Å². The van der Waals surface area contributed by atoms with Crippen LogP contribution in [0, 0.1) is 13.8 Å². The standard InChI is InChI=1S/C28H34N2O2/c1-22-10-9-15-27(23(22)2)32-21-26(31)20-29-16-18-30(19-17-29)28(24-11-5-3-6-12-24)25-13-7-4-8-14-25/h3-15,26,28,31H,16-21H2,1-2H3. The molecule has 1 heterocycles. The highest BCUT2D eigenvalue weighted by Crippen LogP contribution is 2.29. The molecule has 4 rings (SSSR count). The third-order valence-electron chi connectivity index (χ3n) is 6.46. The van der Waals surface area contributed by atoms with E-state index in [2.05, 4.69) is 90.4 Å². The van der Waals surface area contributed by atoms with Crippen LogP contribution in [0.5, 0.6) is 5.75 Å². The Morgan fingerprint density at radius 2 is 1.38 bits per heavy atom. The molecule has 168 valence electrons. The van der Waals surface area contributed by atoms with Crippen molar-refractivity contribution in [2.24, 2.45) is 0 Å². The Hall–Kier alpha value is -2.66. The molecule has 0 saturated carbocycles. The van der Waals surface area contributed by atoms with Gasteiger partial charge in [-0.25, -0.2) is 0 Å². The van der Waals surface area contributed by atoms with Crippen molar-refractivity contribution in [3.05, 3.63) is 101 Å². The van der Waals surface area contributed by atoms with Crippen molar-refractivity contribution in [1.29, 1.82) is 0 Å². The number of aliphatic hydroxyl groups excluding tert-OH is 1. The van der Waals surface area contributed by atoms with Crippen molar-refractivity contribution >= 4 is 0 Å². The largest absolute Gasteiger partial charge is 0.491 e. The van der Waals surface area contributed by atoms with Crippen LogP contribution in [0.25, 0.3) is 0 Å². The summed E-state index contributed by atoms with van der Waals surface area (Å²) in [6, 6.07) is 27.8. The van der Waals surface area contributed by atoms with Gasteiger partial charge in [-0.2, -0.15) is 0 Å². The van der Waals surface area contributed by atoms with Gasteiger partial charge in [0.25, 0.3) is 0 Å². The smallest absolute Gasteiger partial charge is 0.122 e. The van der Waals surface area contributed by atoms with Crippen molar-refractivity contribution in [3.8, 4) is 5.75 Å². The minimum atomic E-state index is -0.500. The van der Waals surface area contributed by atoms with Crippen molar-refractivity contribution in [2.45, 2.75) is 26.0 Å². The van der Waals surface area contributed by atoms with E-state index in [0.29, 0.717) is 13.2 Å². The number of benzene rings is 3. The number of β-amino-alcohol motifs (C(OH)–C–C–N with tert-alkyl or cyclic N) is 1. The molecule has 3 aromatic rings. The van der Waals surface area contributed by atoms with Gasteiger partial charge < -0.3 is 9.84 Å². The Morgan fingerprint density at radius 3 is 1.97 bits per heavy atom. The van der Waals surface area contributed by atoms with Gasteiger partial charge in [-0.15, -0.1) is 0 Å². The summed E-state index contributed by atoms with van der Waals surface area (Å²) in [5.41, 5.74) is 5.00. The van der Waals surface area contributed by atoms with Gasteiger partial charge in [0.05, 0.1) is 6.04 Å². The van der Waals surface area contributed by atoms with Crippen LogP contribution < -0.4 is 4.74 Å². The molecule has 1 atom stereocenters. The Bertz CT molecular complexity index is 930. The van der Waals surface area contributed by atoms with Crippen LogP contribution in [-0.2, 0) is 0 Å². The number of nitrogens with zero attached hydrogens (tertiary/aromatic N) is 2. The van der Waals surface area contributed by atoms with Gasteiger partial charge in [0, 0.05) is 32.7 Å². The predicted octanol–water partition coefficient (Wildman–Crippen LogP) is 4.45. The molecule has 4 heteroatoms. The second kappa shape index (κ2) is 10.8. The van der Waals surface area contributed by atoms with E-state index < -0.39 is 6.10 Å². The second-order valence-corrected chi connectivity index (χ2v) is 8.72. The maximum absolute atomic E-state index is 10.6. The second-order valence-electron chi connectivity index (χ2n) is 8.72. The van der Waals surface area contributed by atoms with Crippen molar-refractivity contribution < 1.29 is 9.84 Å². The SMILES string of the molecule is Cc1cccc(OCC(O)CN2CCN(C(c3ccccc3)c3ccccc3)CC2)c1C. The van der Waals surface area contributed by atoms with E-state index >= 15 is 0 Å². The molecule has 1 aliphatic heterocycles. The van der Waals surface area contributed by atoms with Gasteiger partial charge in [-0.1, -0.05) is 72.8 Å². The molecule has 0 aromatic heterocycles. The summed E-state index contributed by atoms with van der Waals surface area (Å²) in [6.45, 7) is 8.93. The third kappa shape index (κ3) is 5.57. The molecule has 1 N–H and O–H groups in total. The monoisotopic (exact) mass is 430 g/mol. The molecule has 32 heavy (non-hydrogen) atoms. The van der Waals surface area contributed by atoms with Gasteiger partial charge in [0.1, 0.15) is 18.5 Å². The fourth-order valence-electron chi connectivity index (χ4n) is 4.51. The highest BCUT2D eigenvalue weighted by Gasteiger charge is 2.27. The fourth-order valence-corrected chi connectivity index (χ4v) is 4.51. The van der Waals surface area contributed by atoms with E-state index in [1.54, 1.807) is 0 Å². The van der Waals surface area contributed by atoms with Crippen LogP contribution in [0.15, 0.2) is 78.9 Å². The topological polar surface area (TPSA) is 35.9 Å². The average Bonchev–Trinajstić information content (AvgIpc) is 2.83. The molecule has 3 aromatic carbocycles. The van der Waals surface area contributed by atoms with Crippen molar-refractivity contribution in [3.63, 3.8) is 0 Å². The molecular formula is C28H34N2O2. The Kier molecular flexibility index (Phi) is 7.59. The number of piperazine rings is 1. The minimum Gasteiger partial charge on any atom is -0.491 e. The summed E-state index contributed by atoms with van der Waals surface area (Å²) in [7, 11) is 0. The lowest BCUT2D eigenvalue weighted by Crippen LogP contribution is -2.50. The van der Waals surface area contributed by atoms with Gasteiger partial charge in [0.2, 0.25) is 0 Å². The van der Waals surface area contributed by atoms with Crippen LogP contribution in [0.2, 0.25) is 0 Å². The molecular weight excluding hydrogens is 396 g/mol. The van der Waals surface area contributed by atoms with Crippen LogP contribution in [-0.4, -0.2) is 60.3 Å². The van der Waals surface area contributed by atoms with Crippen LogP contribution in [0.3, 0.4) is 0 Å². The van der Waals surface area contributed by atoms with E-state index in [-0.39, 0.29) is 6.04 Å². The number of rotatable bonds is 8. The Labute approximate surface area is 192 Å². The molecule has 0 amide bonds. The molecule has 4 nitrogen and oxygen atoms in total. The predicted molar refractivity (Wildman–Crippen MR) is 130 cm³/mol. The number of ether oxygens (including phenoxy) is 1. The zero-order valence-electron chi connectivity index (χ0n) is 19.2. The first-order valence-corrected chi connectivity index (χ1v) is 11.5.